The van der Waals surface area contributed by atoms with Crippen molar-refractivity contribution in [3.8, 4) is 16.9 Å². The fraction of sp³-hybridized carbons (Fsp3) is 0.133. The first kappa shape index (κ1) is 12.2. The molecule has 0 saturated heterocycles. The maximum Gasteiger partial charge on any atom is 0.338 e. The van der Waals surface area contributed by atoms with Crippen molar-refractivity contribution in [2.24, 2.45) is 0 Å². The van der Waals surface area contributed by atoms with Gasteiger partial charge in [0.05, 0.1) is 12.7 Å². The third-order valence-corrected chi connectivity index (χ3v) is 2.81. The summed E-state index contributed by atoms with van der Waals surface area (Å²) in [6, 6.07) is 12.5. The van der Waals surface area contributed by atoms with Crippen molar-refractivity contribution in [2.45, 2.75) is 6.92 Å². The Labute approximate surface area is 106 Å². The first-order chi connectivity index (χ1) is 8.61. The zero-order chi connectivity index (χ0) is 13.1. The number of benzene rings is 2. The first-order valence-corrected chi connectivity index (χ1v) is 5.60. The summed E-state index contributed by atoms with van der Waals surface area (Å²) in [5, 5.41) is 9.45. The minimum absolute atomic E-state index is 0.224. The van der Waals surface area contributed by atoms with E-state index in [1.807, 2.05) is 25.1 Å². The lowest BCUT2D eigenvalue weighted by Crippen LogP contribution is -2.03. The highest BCUT2D eigenvalue weighted by molar-refractivity contribution is 5.91. The van der Waals surface area contributed by atoms with Crippen LogP contribution in [0.15, 0.2) is 42.5 Å². The highest BCUT2D eigenvalue weighted by Crippen LogP contribution is 2.25. The third-order valence-electron chi connectivity index (χ3n) is 2.81. The van der Waals surface area contributed by atoms with Gasteiger partial charge in [0.25, 0.3) is 0 Å². The number of esters is 1. The lowest BCUT2D eigenvalue weighted by atomic mass is 10.00. The summed E-state index contributed by atoms with van der Waals surface area (Å²) in [6.07, 6.45) is 0. The van der Waals surface area contributed by atoms with Crippen molar-refractivity contribution in [3.05, 3.63) is 53.6 Å². The molecule has 3 nitrogen and oxygen atoms in total. The molecule has 18 heavy (non-hydrogen) atoms. The Hall–Kier alpha value is -2.29. The first-order valence-electron chi connectivity index (χ1n) is 5.60. The van der Waals surface area contributed by atoms with Crippen LogP contribution in [0.25, 0.3) is 11.1 Å². The molecule has 2 aromatic rings. The van der Waals surface area contributed by atoms with E-state index in [4.69, 9.17) is 4.74 Å². The normalized spacial score (nSPS) is 10.1. The van der Waals surface area contributed by atoms with Crippen molar-refractivity contribution in [1.82, 2.24) is 0 Å². The van der Waals surface area contributed by atoms with E-state index in [1.165, 1.54) is 7.11 Å². The molecule has 0 spiro atoms. The van der Waals surface area contributed by atoms with Crippen molar-refractivity contribution < 1.29 is 14.6 Å². The Morgan fingerprint density at radius 3 is 2.44 bits per heavy atom. The molecule has 0 amide bonds. The zero-order valence-electron chi connectivity index (χ0n) is 10.3. The van der Waals surface area contributed by atoms with Gasteiger partial charge in [-0.3, -0.25) is 0 Å². The van der Waals surface area contributed by atoms with Gasteiger partial charge in [-0.05, 0) is 41.8 Å². The Balaban J connectivity index is 2.43. The Bertz CT molecular complexity index is 588. The van der Waals surface area contributed by atoms with Gasteiger partial charge in [-0.15, -0.1) is 0 Å². The summed E-state index contributed by atoms with van der Waals surface area (Å²) < 4.78 is 4.70. The van der Waals surface area contributed by atoms with Crippen LogP contribution in [-0.2, 0) is 4.74 Å². The summed E-state index contributed by atoms with van der Waals surface area (Å²) >= 11 is 0. The quantitative estimate of drug-likeness (QED) is 0.823. The van der Waals surface area contributed by atoms with Crippen molar-refractivity contribution >= 4 is 5.97 Å². The number of phenols is 1. The number of aromatic hydroxyl groups is 1. The molecule has 0 aliphatic heterocycles. The maximum absolute atomic E-state index is 11.5. The van der Waals surface area contributed by atoms with Gasteiger partial charge in [-0.1, -0.05) is 24.3 Å². The van der Waals surface area contributed by atoms with Crippen molar-refractivity contribution in [2.75, 3.05) is 7.11 Å². The molecule has 92 valence electrons. The highest BCUT2D eigenvalue weighted by Gasteiger charge is 2.09. The van der Waals surface area contributed by atoms with Crippen LogP contribution < -0.4 is 0 Å². The number of carbonyl (C=O) groups is 1. The number of phenolic OH excluding ortho intramolecular Hbond substituents is 1. The SMILES string of the molecule is COC(=O)c1ccc(-c2cccc(O)c2)cc1C. The molecule has 0 fully saturated rings. The van der Waals surface area contributed by atoms with Crippen LogP contribution in [-0.4, -0.2) is 18.2 Å². The monoisotopic (exact) mass is 242 g/mol. The number of rotatable bonds is 2. The summed E-state index contributed by atoms with van der Waals surface area (Å²) in [7, 11) is 1.37. The van der Waals surface area contributed by atoms with Crippen LogP contribution in [0.1, 0.15) is 15.9 Å². The minimum Gasteiger partial charge on any atom is -0.508 e. The molecule has 0 saturated carbocycles. The van der Waals surface area contributed by atoms with E-state index in [2.05, 4.69) is 0 Å². The van der Waals surface area contributed by atoms with Crippen LogP contribution in [0.5, 0.6) is 5.75 Å². The molecule has 0 heterocycles. The van der Waals surface area contributed by atoms with Crippen LogP contribution in [0.4, 0.5) is 0 Å². The fourth-order valence-electron chi connectivity index (χ4n) is 1.87. The predicted octanol–water partition coefficient (Wildman–Crippen LogP) is 3.15. The van der Waals surface area contributed by atoms with E-state index >= 15 is 0 Å². The standard InChI is InChI=1S/C15H14O3/c1-10-8-12(6-7-14(10)15(17)18-2)11-4-3-5-13(16)9-11/h3-9,16H,1-2H3. The van der Waals surface area contributed by atoms with Gasteiger partial charge in [-0.2, -0.15) is 0 Å². The van der Waals surface area contributed by atoms with Crippen LogP contribution >= 0.6 is 0 Å². The number of methoxy groups -OCH3 is 1. The molecule has 0 atom stereocenters. The maximum atomic E-state index is 11.5. The van der Waals surface area contributed by atoms with Gasteiger partial charge in [0.2, 0.25) is 0 Å². The smallest absolute Gasteiger partial charge is 0.338 e. The molecule has 1 N–H and O–H groups in total. The van der Waals surface area contributed by atoms with E-state index in [0.29, 0.717) is 5.56 Å². The largest absolute Gasteiger partial charge is 0.508 e. The molecule has 0 aliphatic carbocycles. The number of hydrogen-bond acceptors (Lipinski definition) is 3. The molecule has 0 aromatic heterocycles. The van der Waals surface area contributed by atoms with Gasteiger partial charge in [0.15, 0.2) is 0 Å². The summed E-state index contributed by atoms with van der Waals surface area (Å²) in [5.41, 5.74) is 3.27. The molecule has 0 bridgehead atoms. The van der Waals surface area contributed by atoms with Gasteiger partial charge in [0, 0.05) is 0 Å². The number of carbonyl (C=O) groups excluding carboxylic acids is 1. The van der Waals surface area contributed by atoms with Crippen LogP contribution in [0, 0.1) is 6.92 Å². The van der Waals surface area contributed by atoms with Crippen molar-refractivity contribution in [1.29, 1.82) is 0 Å². The molecule has 0 unspecified atom stereocenters. The fourth-order valence-corrected chi connectivity index (χ4v) is 1.87. The molecular weight excluding hydrogens is 228 g/mol. The second-order valence-corrected chi connectivity index (χ2v) is 4.07. The van der Waals surface area contributed by atoms with E-state index < -0.39 is 0 Å². The Morgan fingerprint density at radius 1 is 1.11 bits per heavy atom. The molecular formula is C15H14O3. The molecule has 0 aliphatic rings. The minimum atomic E-state index is -0.338. The molecule has 3 heteroatoms. The number of aryl methyl sites for hydroxylation is 1. The van der Waals surface area contributed by atoms with Crippen LogP contribution in [0.2, 0.25) is 0 Å². The van der Waals surface area contributed by atoms with Gasteiger partial charge in [-0.25, -0.2) is 4.79 Å². The summed E-state index contributed by atoms with van der Waals surface area (Å²) in [6.45, 7) is 1.86. The number of ether oxygens (including phenoxy) is 1. The van der Waals surface area contributed by atoms with E-state index in [1.54, 1.807) is 24.3 Å². The van der Waals surface area contributed by atoms with E-state index in [9.17, 15) is 9.90 Å². The second-order valence-electron chi connectivity index (χ2n) is 4.07. The Kier molecular flexibility index (Phi) is 3.33. The number of hydrogen-bond donors (Lipinski definition) is 1. The average Bonchev–Trinajstić information content (AvgIpc) is 2.37. The van der Waals surface area contributed by atoms with Gasteiger partial charge in [0.1, 0.15) is 5.75 Å². The van der Waals surface area contributed by atoms with Gasteiger partial charge < -0.3 is 9.84 Å². The zero-order valence-corrected chi connectivity index (χ0v) is 10.3. The lowest BCUT2D eigenvalue weighted by Gasteiger charge is -2.07. The molecule has 2 rings (SSSR count). The Morgan fingerprint density at radius 2 is 1.83 bits per heavy atom. The highest BCUT2D eigenvalue weighted by atomic mass is 16.5. The van der Waals surface area contributed by atoms with E-state index in [0.717, 1.165) is 16.7 Å². The van der Waals surface area contributed by atoms with Crippen molar-refractivity contribution in [3.63, 3.8) is 0 Å². The van der Waals surface area contributed by atoms with Gasteiger partial charge >= 0.3 is 5.97 Å². The summed E-state index contributed by atoms with van der Waals surface area (Å²) in [5.74, 6) is -0.114. The predicted molar refractivity (Wildman–Crippen MR) is 69.6 cm³/mol. The van der Waals surface area contributed by atoms with Crippen LogP contribution in [0.3, 0.4) is 0 Å². The molecule has 2 aromatic carbocycles. The van der Waals surface area contributed by atoms with E-state index in [-0.39, 0.29) is 11.7 Å². The summed E-state index contributed by atoms with van der Waals surface area (Å²) in [4.78, 5) is 11.5. The molecule has 0 radical (unpaired) electrons. The third kappa shape index (κ3) is 2.35. The average molecular weight is 242 g/mol. The lowest BCUT2D eigenvalue weighted by molar-refractivity contribution is 0.0600. The topological polar surface area (TPSA) is 46.5 Å². The second kappa shape index (κ2) is 4.92.